The van der Waals surface area contributed by atoms with Crippen molar-refractivity contribution in [1.29, 1.82) is 0 Å². The normalized spacial score (nSPS) is 11.2. The highest BCUT2D eigenvalue weighted by molar-refractivity contribution is 5.95. The summed E-state index contributed by atoms with van der Waals surface area (Å²) >= 11 is 0. The zero-order valence-electron chi connectivity index (χ0n) is 10.1. The molecule has 1 amide bonds. The lowest BCUT2D eigenvalue weighted by Gasteiger charge is -2.26. The minimum atomic E-state index is -1.25. The van der Waals surface area contributed by atoms with Gasteiger partial charge in [0.1, 0.15) is 0 Å². The van der Waals surface area contributed by atoms with E-state index in [1.54, 1.807) is 0 Å². The Morgan fingerprint density at radius 1 is 1.47 bits per heavy atom. The number of nitrogens with zero attached hydrogens (tertiary/aromatic N) is 1. The molecule has 1 aromatic carbocycles. The average Bonchev–Trinajstić information content (AvgIpc) is 2.37. The number of benzene rings is 1. The summed E-state index contributed by atoms with van der Waals surface area (Å²) in [5, 5.41) is 30.8. The van der Waals surface area contributed by atoms with E-state index in [1.807, 2.05) is 0 Å². The fourth-order valence-electron chi connectivity index (χ4n) is 1.27. The Labute approximate surface area is 107 Å². The summed E-state index contributed by atoms with van der Waals surface area (Å²) in [7, 11) is 0. The second kappa shape index (κ2) is 5.72. The number of halogens is 1. The Hall–Kier alpha value is -2.06. The quantitative estimate of drug-likeness (QED) is 0.523. The highest BCUT2D eigenvalue weighted by atomic mass is 19.1. The fourth-order valence-corrected chi connectivity index (χ4v) is 1.27. The molecule has 0 aliphatic heterocycles. The Bertz CT molecular complexity index is 502. The SMILES string of the molecule is CC(CO)(CO)NC(=O)c1ccc([N+](=O)[O-])c(F)c1. The van der Waals surface area contributed by atoms with Crippen molar-refractivity contribution in [2.45, 2.75) is 12.5 Å². The Morgan fingerprint density at radius 2 is 2.05 bits per heavy atom. The number of nitro groups is 1. The predicted octanol–water partition coefficient (Wildman–Crippen LogP) is 0.207. The van der Waals surface area contributed by atoms with E-state index in [2.05, 4.69) is 5.32 Å². The molecule has 0 aromatic heterocycles. The third-order valence-corrected chi connectivity index (χ3v) is 2.52. The van der Waals surface area contributed by atoms with Crippen molar-refractivity contribution in [3.05, 3.63) is 39.7 Å². The topological polar surface area (TPSA) is 113 Å². The predicted molar refractivity (Wildman–Crippen MR) is 63.1 cm³/mol. The molecule has 0 aliphatic rings. The molecule has 7 nitrogen and oxygen atoms in total. The number of hydrogen-bond acceptors (Lipinski definition) is 5. The Morgan fingerprint density at radius 3 is 2.47 bits per heavy atom. The first-order valence-corrected chi connectivity index (χ1v) is 5.31. The molecule has 0 spiro atoms. The van der Waals surface area contributed by atoms with E-state index in [4.69, 9.17) is 10.2 Å². The summed E-state index contributed by atoms with van der Waals surface area (Å²) in [6.45, 7) is 0.377. The van der Waals surface area contributed by atoms with Gasteiger partial charge in [-0.2, -0.15) is 4.39 Å². The summed E-state index contributed by atoms with van der Waals surface area (Å²) in [6, 6.07) is 2.69. The van der Waals surface area contributed by atoms with Gasteiger partial charge in [0.25, 0.3) is 5.91 Å². The van der Waals surface area contributed by atoms with Gasteiger partial charge in [-0.3, -0.25) is 14.9 Å². The first kappa shape index (κ1) is 15.0. The van der Waals surface area contributed by atoms with Crippen LogP contribution in [0.4, 0.5) is 10.1 Å². The van der Waals surface area contributed by atoms with E-state index < -0.39 is 41.1 Å². The molecular weight excluding hydrogens is 259 g/mol. The minimum Gasteiger partial charge on any atom is -0.394 e. The summed E-state index contributed by atoms with van der Waals surface area (Å²) in [5.74, 6) is -1.88. The number of carbonyl (C=O) groups is 1. The maximum absolute atomic E-state index is 13.3. The largest absolute Gasteiger partial charge is 0.394 e. The molecule has 0 heterocycles. The number of hydrogen-bond donors (Lipinski definition) is 3. The first-order chi connectivity index (χ1) is 8.83. The van der Waals surface area contributed by atoms with Gasteiger partial charge >= 0.3 is 5.69 Å². The van der Waals surface area contributed by atoms with Crippen LogP contribution in [0.15, 0.2) is 18.2 Å². The van der Waals surface area contributed by atoms with Gasteiger partial charge in [-0.05, 0) is 19.1 Å². The number of aliphatic hydroxyl groups excluding tert-OH is 2. The van der Waals surface area contributed by atoms with Crippen LogP contribution in [-0.4, -0.2) is 39.8 Å². The van der Waals surface area contributed by atoms with Gasteiger partial charge in [-0.1, -0.05) is 0 Å². The lowest BCUT2D eigenvalue weighted by molar-refractivity contribution is -0.387. The van der Waals surface area contributed by atoms with Crippen molar-refractivity contribution in [3.63, 3.8) is 0 Å². The van der Waals surface area contributed by atoms with Crippen molar-refractivity contribution >= 4 is 11.6 Å². The standard InChI is InChI=1S/C11H13FN2O5/c1-11(5-15,6-16)13-10(17)7-2-3-9(14(18)19)8(12)4-7/h2-4,15-16H,5-6H2,1H3,(H,13,17). The molecule has 8 heteroatoms. The van der Waals surface area contributed by atoms with E-state index in [-0.39, 0.29) is 5.56 Å². The molecule has 1 rings (SSSR count). The van der Waals surface area contributed by atoms with Gasteiger partial charge in [0.15, 0.2) is 0 Å². The van der Waals surface area contributed by atoms with Gasteiger partial charge in [0.05, 0.1) is 23.7 Å². The van der Waals surface area contributed by atoms with E-state index >= 15 is 0 Å². The van der Waals surface area contributed by atoms with Crippen LogP contribution in [0, 0.1) is 15.9 Å². The summed E-state index contributed by atoms with van der Waals surface area (Å²) in [6.07, 6.45) is 0. The summed E-state index contributed by atoms with van der Waals surface area (Å²) in [4.78, 5) is 21.3. The number of nitro benzene ring substituents is 1. The third kappa shape index (κ3) is 3.46. The van der Waals surface area contributed by atoms with Crippen molar-refractivity contribution < 1.29 is 24.3 Å². The van der Waals surface area contributed by atoms with Crippen LogP contribution in [0.1, 0.15) is 17.3 Å². The molecule has 0 unspecified atom stereocenters. The fraction of sp³-hybridized carbons (Fsp3) is 0.364. The Kier molecular flexibility index (Phi) is 4.52. The number of amides is 1. The van der Waals surface area contributed by atoms with Crippen LogP contribution >= 0.6 is 0 Å². The van der Waals surface area contributed by atoms with Crippen molar-refractivity contribution in [1.82, 2.24) is 5.32 Å². The molecule has 0 bridgehead atoms. The zero-order chi connectivity index (χ0) is 14.6. The first-order valence-electron chi connectivity index (χ1n) is 5.31. The average molecular weight is 272 g/mol. The van der Waals surface area contributed by atoms with Crippen molar-refractivity contribution in [2.24, 2.45) is 0 Å². The van der Waals surface area contributed by atoms with Gasteiger partial charge in [-0.15, -0.1) is 0 Å². The molecule has 0 aliphatic carbocycles. The van der Waals surface area contributed by atoms with E-state index in [0.29, 0.717) is 0 Å². The maximum Gasteiger partial charge on any atom is 0.304 e. The maximum atomic E-state index is 13.3. The summed E-state index contributed by atoms with van der Waals surface area (Å²) in [5.41, 5.74) is -2.13. The number of aliphatic hydroxyl groups is 2. The molecular formula is C11H13FN2O5. The second-order valence-electron chi connectivity index (χ2n) is 4.25. The van der Waals surface area contributed by atoms with E-state index in [1.165, 1.54) is 6.92 Å². The van der Waals surface area contributed by atoms with Gasteiger partial charge in [0, 0.05) is 11.6 Å². The molecule has 0 atom stereocenters. The third-order valence-electron chi connectivity index (χ3n) is 2.52. The highest BCUT2D eigenvalue weighted by Gasteiger charge is 2.26. The number of carbonyl (C=O) groups excluding carboxylic acids is 1. The van der Waals surface area contributed by atoms with Crippen LogP contribution < -0.4 is 5.32 Å². The molecule has 3 N–H and O–H groups in total. The van der Waals surface area contributed by atoms with Crippen molar-refractivity contribution in [2.75, 3.05) is 13.2 Å². The number of nitrogens with one attached hydrogen (secondary N) is 1. The van der Waals surface area contributed by atoms with Crippen LogP contribution in [-0.2, 0) is 0 Å². The van der Waals surface area contributed by atoms with E-state index in [9.17, 15) is 19.3 Å². The smallest absolute Gasteiger partial charge is 0.304 e. The van der Waals surface area contributed by atoms with Gasteiger partial charge in [-0.25, -0.2) is 0 Å². The van der Waals surface area contributed by atoms with Crippen LogP contribution in [0.25, 0.3) is 0 Å². The molecule has 104 valence electrons. The lowest BCUT2D eigenvalue weighted by Crippen LogP contribution is -2.51. The van der Waals surface area contributed by atoms with Gasteiger partial charge in [0.2, 0.25) is 5.82 Å². The summed E-state index contributed by atoms with van der Waals surface area (Å²) < 4.78 is 13.3. The molecule has 0 saturated heterocycles. The molecule has 0 saturated carbocycles. The molecule has 0 fully saturated rings. The molecule has 19 heavy (non-hydrogen) atoms. The Balaban J connectivity index is 2.96. The molecule has 1 aromatic rings. The monoisotopic (exact) mass is 272 g/mol. The van der Waals surface area contributed by atoms with Crippen molar-refractivity contribution in [3.8, 4) is 0 Å². The van der Waals surface area contributed by atoms with E-state index in [0.717, 1.165) is 18.2 Å². The van der Waals surface area contributed by atoms with Crippen LogP contribution in [0.2, 0.25) is 0 Å². The van der Waals surface area contributed by atoms with Crippen LogP contribution in [0.5, 0.6) is 0 Å². The zero-order valence-corrected chi connectivity index (χ0v) is 10.1. The minimum absolute atomic E-state index is 0.142. The van der Waals surface area contributed by atoms with Gasteiger partial charge < -0.3 is 15.5 Å². The second-order valence-corrected chi connectivity index (χ2v) is 4.25. The highest BCUT2D eigenvalue weighted by Crippen LogP contribution is 2.18. The molecule has 0 radical (unpaired) electrons. The van der Waals surface area contributed by atoms with Crippen LogP contribution in [0.3, 0.4) is 0 Å². The number of rotatable bonds is 5. The lowest BCUT2D eigenvalue weighted by atomic mass is 10.0.